The molecule has 2 rings (SSSR count). The molecule has 0 saturated heterocycles. The molecule has 0 bridgehead atoms. The minimum Gasteiger partial charge on any atom is -0.253 e. The fourth-order valence-corrected chi connectivity index (χ4v) is 1.45. The van der Waals surface area contributed by atoms with Crippen LogP contribution in [0.5, 0.6) is 0 Å². The first kappa shape index (κ1) is 12.6. The van der Waals surface area contributed by atoms with E-state index in [1.165, 1.54) is 0 Å². The molecule has 0 fully saturated rings. The Labute approximate surface area is 98.1 Å². The standard InChI is InChI=1S/C12H14N2.C2H6/c1-3-12(2)6-4-10-11(5-7-12)14-9-8-13-10;1-2/h4-9H,3H2,1-2H3;1-2H3. The Morgan fingerprint density at radius 3 is 1.81 bits per heavy atom. The molecule has 16 heavy (non-hydrogen) atoms. The van der Waals surface area contributed by atoms with E-state index in [1.807, 2.05) is 13.8 Å². The van der Waals surface area contributed by atoms with Crippen molar-refractivity contribution < 1.29 is 0 Å². The van der Waals surface area contributed by atoms with E-state index in [1.54, 1.807) is 12.4 Å². The summed E-state index contributed by atoms with van der Waals surface area (Å²) in [6, 6.07) is 0. The molecule has 0 amide bonds. The summed E-state index contributed by atoms with van der Waals surface area (Å²) in [6.07, 6.45) is 13.1. The summed E-state index contributed by atoms with van der Waals surface area (Å²) in [4.78, 5) is 8.56. The summed E-state index contributed by atoms with van der Waals surface area (Å²) in [5.74, 6) is 0. The summed E-state index contributed by atoms with van der Waals surface area (Å²) in [5, 5.41) is 0. The lowest BCUT2D eigenvalue weighted by molar-refractivity contribution is 0.536. The van der Waals surface area contributed by atoms with Gasteiger partial charge in [-0.15, -0.1) is 0 Å². The first-order valence-electron chi connectivity index (χ1n) is 5.93. The maximum Gasteiger partial charge on any atom is 0.0883 e. The molecule has 2 nitrogen and oxygen atoms in total. The predicted octanol–water partition coefficient (Wildman–Crippen LogP) is 3.96. The number of hydrogen-bond donors (Lipinski definition) is 0. The number of fused-ring (bicyclic) bond motifs is 1. The molecule has 0 aromatic carbocycles. The van der Waals surface area contributed by atoms with E-state index < -0.39 is 0 Å². The Morgan fingerprint density at radius 2 is 1.44 bits per heavy atom. The second-order valence-corrected chi connectivity index (χ2v) is 3.85. The third kappa shape index (κ3) is 2.78. The molecule has 1 aliphatic rings. The van der Waals surface area contributed by atoms with Gasteiger partial charge in [0.05, 0.1) is 11.4 Å². The van der Waals surface area contributed by atoms with E-state index in [0.29, 0.717) is 0 Å². The molecule has 0 aliphatic heterocycles. The molecule has 1 heterocycles. The van der Waals surface area contributed by atoms with Gasteiger partial charge >= 0.3 is 0 Å². The van der Waals surface area contributed by atoms with Crippen LogP contribution < -0.4 is 0 Å². The van der Waals surface area contributed by atoms with Crippen LogP contribution in [0.25, 0.3) is 12.2 Å². The Balaban J connectivity index is 0.000000606. The summed E-state index contributed by atoms with van der Waals surface area (Å²) in [5.41, 5.74) is 2.06. The molecule has 1 aromatic rings. The first-order chi connectivity index (χ1) is 7.73. The van der Waals surface area contributed by atoms with Gasteiger partial charge in [-0.25, -0.2) is 0 Å². The van der Waals surface area contributed by atoms with Crippen molar-refractivity contribution in [3.63, 3.8) is 0 Å². The lowest BCUT2D eigenvalue weighted by Crippen LogP contribution is -2.05. The van der Waals surface area contributed by atoms with Crippen LogP contribution in [-0.2, 0) is 0 Å². The van der Waals surface area contributed by atoms with Crippen LogP contribution >= 0.6 is 0 Å². The number of nitrogens with zero attached hydrogens (tertiary/aromatic N) is 2. The smallest absolute Gasteiger partial charge is 0.0883 e. The first-order valence-corrected chi connectivity index (χ1v) is 5.93. The SMILES string of the molecule is CC.CCC1(C)C=Cc2nccnc2C=C1. The van der Waals surface area contributed by atoms with Crippen LogP contribution in [0.2, 0.25) is 0 Å². The molecule has 0 N–H and O–H groups in total. The van der Waals surface area contributed by atoms with Crippen LogP contribution in [0.1, 0.15) is 45.5 Å². The third-order valence-electron chi connectivity index (χ3n) is 2.76. The van der Waals surface area contributed by atoms with E-state index in [4.69, 9.17) is 0 Å². The molecular weight excluding hydrogens is 196 g/mol. The largest absolute Gasteiger partial charge is 0.253 e. The minimum absolute atomic E-state index is 0.141. The number of allylic oxidation sites excluding steroid dienone is 2. The molecule has 0 radical (unpaired) electrons. The van der Waals surface area contributed by atoms with Crippen LogP contribution in [0, 0.1) is 5.41 Å². The predicted molar refractivity (Wildman–Crippen MR) is 69.8 cm³/mol. The van der Waals surface area contributed by atoms with Gasteiger partial charge in [0.25, 0.3) is 0 Å². The van der Waals surface area contributed by atoms with Gasteiger partial charge in [-0.05, 0) is 18.6 Å². The zero-order valence-electron chi connectivity index (χ0n) is 10.6. The van der Waals surface area contributed by atoms with Crippen molar-refractivity contribution in [1.29, 1.82) is 0 Å². The van der Waals surface area contributed by atoms with E-state index >= 15 is 0 Å². The van der Waals surface area contributed by atoms with Gasteiger partial charge in [-0.2, -0.15) is 0 Å². The average Bonchev–Trinajstić information content (AvgIpc) is 2.53. The normalized spacial score (nSPS) is 15.8. The van der Waals surface area contributed by atoms with Crippen LogP contribution in [0.3, 0.4) is 0 Å². The van der Waals surface area contributed by atoms with Crippen molar-refractivity contribution in [2.24, 2.45) is 5.41 Å². The van der Waals surface area contributed by atoms with Crippen LogP contribution in [0.4, 0.5) is 0 Å². The average molecular weight is 216 g/mol. The molecular formula is C14H20N2. The van der Waals surface area contributed by atoms with Crippen molar-refractivity contribution in [3.05, 3.63) is 35.9 Å². The van der Waals surface area contributed by atoms with Gasteiger partial charge in [-0.3, -0.25) is 9.97 Å². The van der Waals surface area contributed by atoms with Crippen LogP contribution in [0.15, 0.2) is 24.5 Å². The number of hydrogen-bond acceptors (Lipinski definition) is 2. The lowest BCUT2D eigenvalue weighted by Gasteiger charge is -2.17. The Morgan fingerprint density at radius 1 is 1.00 bits per heavy atom. The molecule has 0 unspecified atom stereocenters. The Kier molecular flexibility index (Phi) is 4.41. The third-order valence-corrected chi connectivity index (χ3v) is 2.76. The van der Waals surface area contributed by atoms with E-state index in [0.717, 1.165) is 17.8 Å². The minimum atomic E-state index is 0.141. The maximum atomic E-state index is 4.28. The van der Waals surface area contributed by atoms with Gasteiger partial charge in [0.15, 0.2) is 0 Å². The van der Waals surface area contributed by atoms with Crippen molar-refractivity contribution in [1.82, 2.24) is 9.97 Å². The highest BCUT2D eigenvalue weighted by Gasteiger charge is 2.16. The Bertz CT molecular complexity index is 358. The summed E-state index contributed by atoms with van der Waals surface area (Å²) >= 11 is 0. The second kappa shape index (κ2) is 5.59. The topological polar surface area (TPSA) is 25.8 Å². The molecule has 86 valence electrons. The highest BCUT2D eigenvalue weighted by Crippen LogP contribution is 2.29. The Hall–Kier alpha value is -1.44. The van der Waals surface area contributed by atoms with Gasteiger partial charge in [0, 0.05) is 17.8 Å². The molecule has 1 aromatic heterocycles. The number of aromatic nitrogens is 2. The van der Waals surface area contributed by atoms with E-state index in [-0.39, 0.29) is 5.41 Å². The molecule has 0 atom stereocenters. The molecule has 0 saturated carbocycles. The van der Waals surface area contributed by atoms with Crippen molar-refractivity contribution in [3.8, 4) is 0 Å². The van der Waals surface area contributed by atoms with Gasteiger partial charge < -0.3 is 0 Å². The van der Waals surface area contributed by atoms with Crippen molar-refractivity contribution >= 4 is 12.2 Å². The van der Waals surface area contributed by atoms with E-state index in [2.05, 4.69) is 48.1 Å². The number of rotatable bonds is 1. The lowest BCUT2D eigenvalue weighted by atomic mass is 9.87. The molecule has 2 heteroatoms. The van der Waals surface area contributed by atoms with Crippen molar-refractivity contribution in [2.75, 3.05) is 0 Å². The quantitative estimate of drug-likeness (QED) is 0.710. The van der Waals surface area contributed by atoms with Gasteiger partial charge in [0.2, 0.25) is 0 Å². The van der Waals surface area contributed by atoms with Crippen LogP contribution in [-0.4, -0.2) is 9.97 Å². The van der Waals surface area contributed by atoms with Gasteiger partial charge in [0.1, 0.15) is 0 Å². The van der Waals surface area contributed by atoms with E-state index in [9.17, 15) is 0 Å². The zero-order chi connectivity index (χ0) is 12.0. The highest BCUT2D eigenvalue weighted by molar-refractivity contribution is 5.63. The highest BCUT2D eigenvalue weighted by atomic mass is 14.8. The fourth-order valence-electron chi connectivity index (χ4n) is 1.45. The summed E-state index contributed by atoms with van der Waals surface area (Å²) in [7, 11) is 0. The summed E-state index contributed by atoms with van der Waals surface area (Å²) in [6.45, 7) is 8.40. The maximum absolute atomic E-state index is 4.28. The second-order valence-electron chi connectivity index (χ2n) is 3.85. The molecule has 1 aliphatic carbocycles. The monoisotopic (exact) mass is 216 g/mol. The molecule has 0 spiro atoms. The zero-order valence-corrected chi connectivity index (χ0v) is 10.6. The summed E-state index contributed by atoms with van der Waals surface area (Å²) < 4.78 is 0. The fraction of sp³-hybridized carbons (Fsp3) is 0.429. The van der Waals surface area contributed by atoms with Gasteiger partial charge in [-0.1, -0.05) is 39.8 Å². The van der Waals surface area contributed by atoms with Crippen molar-refractivity contribution in [2.45, 2.75) is 34.1 Å².